The molecular formula is C31H33NO7. The van der Waals surface area contributed by atoms with Crippen LogP contribution in [0.4, 0.5) is 0 Å². The minimum absolute atomic E-state index is 0.0121. The molecule has 4 rings (SSSR count). The van der Waals surface area contributed by atoms with Gasteiger partial charge in [-0.3, -0.25) is 9.59 Å². The van der Waals surface area contributed by atoms with Crippen LogP contribution < -0.4 is 14.2 Å². The van der Waals surface area contributed by atoms with E-state index in [1.807, 2.05) is 25.1 Å². The average Bonchev–Trinajstić information content (AvgIpc) is 3.21. The molecule has 0 aliphatic carbocycles. The normalized spacial score (nSPS) is 16.4. The molecule has 1 aliphatic heterocycles. The maximum absolute atomic E-state index is 13.3. The Labute approximate surface area is 228 Å². The van der Waals surface area contributed by atoms with Crippen LogP contribution in [0.25, 0.3) is 5.76 Å². The van der Waals surface area contributed by atoms with Gasteiger partial charge in [0.2, 0.25) is 0 Å². The van der Waals surface area contributed by atoms with Crippen molar-refractivity contribution in [3.8, 4) is 17.2 Å². The standard InChI is InChI=1S/C31H33NO7/c1-20-7-5-8-21(17-20)19-39-24-12-9-22(10-13-24)29(33)27-28(23-11-14-25(37-3)26(18-23)38-4)32(15-6-16-36-2)31(35)30(27)34/h5,7-14,17-18,28,33H,6,15-16,19H2,1-4H3/b29-27+. The fourth-order valence-electron chi connectivity index (χ4n) is 4.69. The Morgan fingerprint density at radius 3 is 2.33 bits per heavy atom. The number of hydrogen-bond donors (Lipinski definition) is 1. The number of hydrogen-bond acceptors (Lipinski definition) is 7. The number of Topliss-reactive ketones (excluding diaryl/α,β-unsaturated/α-hetero) is 1. The van der Waals surface area contributed by atoms with Crippen LogP contribution in [-0.4, -0.2) is 56.2 Å². The van der Waals surface area contributed by atoms with Crippen LogP contribution >= 0.6 is 0 Å². The number of methoxy groups -OCH3 is 3. The van der Waals surface area contributed by atoms with Gasteiger partial charge < -0.3 is 29.0 Å². The van der Waals surface area contributed by atoms with Gasteiger partial charge in [-0.15, -0.1) is 0 Å². The summed E-state index contributed by atoms with van der Waals surface area (Å²) in [5.41, 5.74) is 3.23. The number of amides is 1. The zero-order valence-corrected chi connectivity index (χ0v) is 22.6. The number of likely N-dealkylation sites (tertiary alicyclic amines) is 1. The van der Waals surface area contributed by atoms with Crippen LogP contribution in [0.15, 0.2) is 72.3 Å². The number of aliphatic hydroxyl groups excluding tert-OH is 1. The summed E-state index contributed by atoms with van der Waals surface area (Å²) in [6.07, 6.45) is 0.528. The maximum atomic E-state index is 13.3. The molecule has 1 aliphatic rings. The van der Waals surface area contributed by atoms with E-state index in [9.17, 15) is 14.7 Å². The monoisotopic (exact) mass is 531 g/mol. The van der Waals surface area contributed by atoms with Crippen molar-refractivity contribution in [3.63, 3.8) is 0 Å². The summed E-state index contributed by atoms with van der Waals surface area (Å²) in [4.78, 5) is 27.8. The number of rotatable bonds is 11. The van der Waals surface area contributed by atoms with Gasteiger partial charge in [-0.05, 0) is 60.9 Å². The first-order valence-electron chi connectivity index (χ1n) is 12.7. The highest BCUT2D eigenvalue weighted by Crippen LogP contribution is 2.42. The van der Waals surface area contributed by atoms with Crippen molar-refractivity contribution in [1.82, 2.24) is 4.90 Å². The number of carbonyl (C=O) groups is 2. The fourth-order valence-corrected chi connectivity index (χ4v) is 4.69. The largest absolute Gasteiger partial charge is 0.507 e. The van der Waals surface area contributed by atoms with Crippen LogP contribution in [0.1, 0.15) is 34.7 Å². The average molecular weight is 532 g/mol. The summed E-state index contributed by atoms with van der Waals surface area (Å²) >= 11 is 0. The van der Waals surface area contributed by atoms with Crippen LogP contribution in [0.2, 0.25) is 0 Å². The van der Waals surface area contributed by atoms with Crippen molar-refractivity contribution in [2.75, 3.05) is 34.5 Å². The Balaban J connectivity index is 1.67. The van der Waals surface area contributed by atoms with E-state index < -0.39 is 17.7 Å². The quantitative estimate of drug-likeness (QED) is 0.160. The number of carbonyl (C=O) groups excluding carboxylic acids is 2. The summed E-state index contributed by atoms with van der Waals surface area (Å²) in [6, 6.07) is 19.2. The number of aliphatic hydroxyl groups is 1. The first kappa shape index (κ1) is 27.7. The topological polar surface area (TPSA) is 94.5 Å². The molecule has 0 radical (unpaired) electrons. The van der Waals surface area contributed by atoms with Crippen molar-refractivity contribution < 1.29 is 33.6 Å². The molecule has 1 N–H and O–H groups in total. The third kappa shape index (κ3) is 6.07. The number of nitrogens with zero attached hydrogens (tertiary/aromatic N) is 1. The van der Waals surface area contributed by atoms with E-state index in [2.05, 4.69) is 6.07 Å². The Kier molecular flexibility index (Phi) is 8.88. The molecule has 3 aromatic rings. The molecule has 1 unspecified atom stereocenters. The van der Waals surface area contributed by atoms with Crippen molar-refractivity contribution in [2.24, 2.45) is 0 Å². The first-order chi connectivity index (χ1) is 18.9. The van der Waals surface area contributed by atoms with Gasteiger partial charge in [0.25, 0.3) is 11.7 Å². The van der Waals surface area contributed by atoms with Gasteiger partial charge in [0, 0.05) is 25.8 Å². The summed E-state index contributed by atoms with van der Waals surface area (Å²) in [6.45, 7) is 3.13. The van der Waals surface area contributed by atoms with E-state index in [1.165, 1.54) is 19.1 Å². The number of aryl methyl sites for hydroxylation is 1. The Morgan fingerprint density at radius 2 is 1.67 bits per heavy atom. The van der Waals surface area contributed by atoms with E-state index in [4.69, 9.17) is 18.9 Å². The minimum Gasteiger partial charge on any atom is -0.507 e. The first-order valence-corrected chi connectivity index (χ1v) is 12.7. The molecule has 3 aromatic carbocycles. The van der Waals surface area contributed by atoms with Crippen molar-refractivity contribution in [1.29, 1.82) is 0 Å². The van der Waals surface area contributed by atoms with Gasteiger partial charge in [-0.25, -0.2) is 0 Å². The number of ether oxygens (including phenoxy) is 4. The molecule has 1 fully saturated rings. The third-order valence-corrected chi connectivity index (χ3v) is 6.63. The van der Waals surface area contributed by atoms with Crippen molar-refractivity contribution in [2.45, 2.75) is 26.0 Å². The Hall–Kier alpha value is -4.30. The fraction of sp³-hybridized carbons (Fsp3) is 0.290. The van der Waals surface area contributed by atoms with Crippen molar-refractivity contribution in [3.05, 3.63) is 94.6 Å². The molecule has 0 bridgehead atoms. The van der Waals surface area contributed by atoms with Gasteiger partial charge in [0.1, 0.15) is 18.1 Å². The molecule has 0 spiro atoms. The van der Waals surface area contributed by atoms with Gasteiger partial charge in [0.15, 0.2) is 11.5 Å². The molecule has 1 amide bonds. The zero-order chi connectivity index (χ0) is 27.9. The molecule has 0 aromatic heterocycles. The summed E-state index contributed by atoms with van der Waals surface area (Å²) in [5.74, 6) is -0.0985. The smallest absolute Gasteiger partial charge is 0.295 e. The van der Waals surface area contributed by atoms with Crippen LogP contribution in [0, 0.1) is 6.92 Å². The third-order valence-electron chi connectivity index (χ3n) is 6.63. The van der Waals surface area contributed by atoms with Crippen LogP contribution in [0.3, 0.4) is 0 Å². The molecule has 1 heterocycles. The lowest BCUT2D eigenvalue weighted by atomic mass is 9.95. The second kappa shape index (κ2) is 12.5. The molecular weight excluding hydrogens is 498 g/mol. The molecule has 204 valence electrons. The predicted octanol–water partition coefficient (Wildman–Crippen LogP) is 5.05. The van der Waals surface area contributed by atoms with E-state index in [-0.39, 0.29) is 17.9 Å². The molecule has 8 nitrogen and oxygen atoms in total. The SMILES string of the molecule is COCCCN1C(=O)C(=O)/C(=C(/O)c2ccc(OCc3cccc(C)c3)cc2)C1c1ccc(OC)c(OC)c1. The highest BCUT2D eigenvalue weighted by molar-refractivity contribution is 6.46. The lowest BCUT2D eigenvalue weighted by Crippen LogP contribution is -2.31. The van der Waals surface area contributed by atoms with Crippen LogP contribution in [0.5, 0.6) is 17.2 Å². The Bertz CT molecular complexity index is 1360. The van der Waals surface area contributed by atoms with E-state index in [0.717, 1.165) is 11.1 Å². The van der Waals surface area contributed by atoms with E-state index >= 15 is 0 Å². The van der Waals surface area contributed by atoms with Gasteiger partial charge in [0.05, 0.1) is 25.8 Å². The highest BCUT2D eigenvalue weighted by Gasteiger charge is 2.46. The number of ketones is 1. The van der Waals surface area contributed by atoms with Gasteiger partial charge in [-0.2, -0.15) is 0 Å². The predicted molar refractivity (Wildman–Crippen MR) is 147 cm³/mol. The maximum Gasteiger partial charge on any atom is 0.295 e. The lowest BCUT2D eigenvalue weighted by Gasteiger charge is -2.26. The van der Waals surface area contributed by atoms with Crippen molar-refractivity contribution >= 4 is 17.4 Å². The van der Waals surface area contributed by atoms with Gasteiger partial charge in [-0.1, -0.05) is 35.9 Å². The minimum atomic E-state index is -0.807. The lowest BCUT2D eigenvalue weighted by molar-refractivity contribution is -0.140. The summed E-state index contributed by atoms with van der Waals surface area (Å²) in [5, 5.41) is 11.3. The van der Waals surface area contributed by atoms with E-state index in [0.29, 0.717) is 48.0 Å². The highest BCUT2D eigenvalue weighted by atomic mass is 16.5. The van der Waals surface area contributed by atoms with E-state index in [1.54, 1.807) is 49.6 Å². The van der Waals surface area contributed by atoms with Crippen LogP contribution in [-0.2, 0) is 20.9 Å². The summed E-state index contributed by atoms with van der Waals surface area (Å²) in [7, 11) is 4.62. The Morgan fingerprint density at radius 1 is 0.923 bits per heavy atom. The molecule has 39 heavy (non-hydrogen) atoms. The molecule has 1 saturated heterocycles. The summed E-state index contributed by atoms with van der Waals surface area (Å²) < 4.78 is 21.8. The number of benzene rings is 3. The molecule has 1 atom stereocenters. The molecule has 8 heteroatoms. The second-order valence-electron chi connectivity index (χ2n) is 9.26. The second-order valence-corrected chi connectivity index (χ2v) is 9.26. The zero-order valence-electron chi connectivity index (χ0n) is 22.6. The molecule has 0 saturated carbocycles. The van der Waals surface area contributed by atoms with Gasteiger partial charge >= 0.3 is 0 Å².